The summed E-state index contributed by atoms with van der Waals surface area (Å²) in [5.74, 6) is 0.850. The van der Waals surface area contributed by atoms with E-state index in [9.17, 15) is 4.79 Å². The number of carbonyl (C=O) groups excluding carboxylic acids is 1. The molecule has 0 spiro atoms. The maximum absolute atomic E-state index is 12.1. The van der Waals surface area contributed by atoms with Gasteiger partial charge >= 0.3 is 0 Å². The highest BCUT2D eigenvalue weighted by Crippen LogP contribution is 2.40. The number of ether oxygens (including phenoxy) is 2. The van der Waals surface area contributed by atoms with Crippen molar-refractivity contribution in [2.24, 2.45) is 0 Å². The average Bonchev–Trinajstić information content (AvgIpc) is 3.09. The third-order valence-corrected chi connectivity index (χ3v) is 4.02. The molecule has 0 fully saturated rings. The normalized spacial score (nSPS) is 12.7. The molecule has 25 heavy (non-hydrogen) atoms. The molecule has 1 amide bonds. The summed E-state index contributed by atoms with van der Waals surface area (Å²) in [5.41, 5.74) is 2.27. The number of carbonyl (C=O) groups is 1. The standard InChI is InChI=1S/C19H13ClN2O3/c20-15-7-12(8-17-19(15)25-11-24-17)5-6-18(23)22-14-9-13-3-1-2-4-16(13)21-10-14/h1-10H,11H2,(H,22,23)/b6-5+. The van der Waals surface area contributed by atoms with E-state index in [1.54, 1.807) is 24.4 Å². The van der Waals surface area contributed by atoms with E-state index in [2.05, 4.69) is 10.3 Å². The number of anilines is 1. The van der Waals surface area contributed by atoms with E-state index in [1.807, 2.05) is 30.3 Å². The molecule has 0 atom stereocenters. The molecule has 0 saturated carbocycles. The van der Waals surface area contributed by atoms with Crippen LogP contribution in [0.3, 0.4) is 0 Å². The molecule has 4 rings (SSSR count). The Balaban J connectivity index is 1.49. The summed E-state index contributed by atoms with van der Waals surface area (Å²) >= 11 is 6.13. The first-order valence-electron chi connectivity index (χ1n) is 7.62. The third-order valence-electron chi connectivity index (χ3n) is 3.73. The van der Waals surface area contributed by atoms with Crippen molar-refractivity contribution in [1.29, 1.82) is 0 Å². The number of amides is 1. The zero-order valence-electron chi connectivity index (χ0n) is 13.0. The molecule has 3 aromatic rings. The molecule has 1 aromatic heterocycles. The van der Waals surface area contributed by atoms with Crippen molar-refractivity contribution in [1.82, 2.24) is 4.98 Å². The van der Waals surface area contributed by atoms with Gasteiger partial charge in [0.2, 0.25) is 12.7 Å². The Bertz CT molecular complexity index is 1000. The molecule has 0 bridgehead atoms. The Kier molecular flexibility index (Phi) is 3.99. The minimum atomic E-state index is -0.258. The summed E-state index contributed by atoms with van der Waals surface area (Å²) in [6, 6.07) is 13.1. The van der Waals surface area contributed by atoms with Crippen LogP contribution in [0.25, 0.3) is 17.0 Å². The van der Waals surface area contributed by atoms with Crippen molar-refractivity contribution in [3.8, 4) is 11.5 Å². The molecule has 1 aliphatic heterocycles. The van der Waals surface area contributed by atoms with Crippen molar-refractivity contribution in [3.63, 3.8) is 0 Å². The van der Waals surface area contributed by atoms with Crippen LogP contribution in [-0.2, 0) is 4.79 Å². The van der Waals surface area contributed by atoms with E-state index in [1.165, 1.54) is 6.08 Å². The predicted octanol–water partition coefficient (Wildman–Crippen LogP) is 4.27. The molecule has 0 aliphatic carbocycles. The maximum atomic E-state index is 12.1. The fourth-order valence-electron chi connectivity index (χ4n) is 2.58. The minimum absolute atomic E-state index is 0.150. The van der Waals surface area contributed by atoms with Gasteiger partial charge in [-0.05, 0) is 35.9 Å². The summed E-state index contributed by atoms with van der Waals surface area (Å²) in [5, 5.41) is 4.21. The fraction of sp³-hybridized carbons (Fsp3) is 0.0526. The molecule has 1 N–H and O–H groups in total. The van der Waals surface area contributed by atoms with Crippen molar-refractivity contribution < 1.29 is 14.3 Å². The van der Waals surface area contributed by atoms with Crippen LogP contribution in [0.2, 0.25) is 5.02 Å². The number of hydrogen-bond donors (Lipinski definition) is 1. The highest BCUT2D eigenvalue weighted by atomic mass is 35.5. The van der Waals surface area contributed by atoms with E-state index in [-0.39, 0.29) is 12.7 Å². The number of rotatable bonds is 3. The Morgan fingerprint density at radius 3 is 3.00 bits per heavy atom. The van der Waals surface area contributed by atoms with Crippen LogP contribution < -0.4 is 14.8 Å². The zero-order valence-corrected chi connectivity index (χ0v) is 13.8. The first kappa shape index (κ1) is 15.5. The topological polar surface area (TPSA) is 60.5 Å². The van der Waals surface area contributed by atoms with Crippen LogP contribution in [0.5, 0.6) is 11.5 Å². The van der Waals surface area contributed by atoms with Gasteiger partial charge < -0.3 is 14.8 Å². The van der Waals surface area contributed by atoms with Crippen LogP contribution in [0.4, 0.5) is 5.69 Å². The molecule has 5 nitrogen and oxygen atoms in total. The Morgan fingerprint density at radius 1 is 1.20 bits per heavy atom. The van der Waals surface area contributed by atoms with Gasteiger partial charge in [0.15, 0.2) is 11.5 Å². The van der Waals surface area contributed by atoms with Gasteiger partial charge in [0.25, 0.3) is 0 Å². The summed E-state index contributed by atoms with van der Waals surface area (Å²) in [7, 11) is 0. The van der Waals surface area contributed by atoms with Gasteiger partial charge in [0.1, 0.15) is 0 Å². The summed E-state index contributed by atoms with van der Waals surface area (Å²) in [6.07, 6.45) is 4.73. The van der Waals surface area contributed by atoms with Gasteiger partial charge in [-0.1, -0.05) is 29.8 Å². The molecule has 0 radical (unpaired) electrons. The van der Waals surface area contributed by atoms with Crippen LogP contribution in [0, 0.1) is 0 Å². The van der Waals surface area contributed by atoms with Gasteiger partial charge in [-0.25, -0.2) is 0 Å². The largest absolute Gasteiger partial charge is 0.454 e. The lowest BCUT2D eigenvalue weighted by atomic mass is 10.2. The van der Waals surface area contributed by atoms with Crippen LogP contribution >= 0.6 is 11.6 Å². The van der Waals surface area contributed by atoms with Gasteiger partial charge in [0.05, 0.1) is 22.4 Å². The minimum Gasteiger partial charge on any atom is -0.454 e. The fourth-order valence-corrected chi connectivity index (χ4v) is 2.85. The molecule has 124 valence electrons. The number of hydrogen-bond acceptors (Lipinski definition) is 4. The van der Waals surface area contributed by atoms with Crippen molar-refractivity contribution >= 4 is 40.2 Å². The SMILES string of the molecule is O=C(/C=C/c1cc(Cl)c2c(c1)OCO2)Nc1cnc2ccccc2c1. The van der Waals surface area contributed by atoms with E-state index in [0.717, 1.165) is 16.5 Å². The molecule has 1 aliphatic rings. The van der Waals surface area contributed by atoms with E-state index >= 15 is 0 Å². The number of halogens is 1. The summed E-state index contributed by atoms with van der Waals surface area (Å²) < 4.78 is 10.6. The van der Waals surface area contributed by atoms with Gasteiger partial charge in [-0.2, -0.15) is 0 Å². The second-order valence-electron chi connectivity index (χ2n) is 5.48. The maximum Gasteiger partial charge on any atom is 0.248 e. The van der Waals surface area contributed by atoms with E-state index in [0.29, 0.717) is 22.2 Å². The summed E-state index contributed by atoms with van der Waals surface area (Å²) in [4.78, 5) is 16.4. The predicted molar refractivity (Wildman–Crippen MR) is 97.0 cm³/mol. The number of benzene rings is 2. The highest BCUT2D eigenvalue weighted by Gasteiger charge is 2.17. The van der Waals surface area contributed by atoms with Gasteiger partial charge in [0, 0.05) is 11.5 Å². The lowest BCUT2D eigenvalue weighted by Crippen LogP contribution is -2.07. The Morgan fingerprint density at radius 2 is 2.08 bits per heavy atom. The highest BCUT2D eigenvalue weighted by molar-refractivity contribution is 6.32. The van der Waals surface area contributed by atoms with Crippen LogP contribution in [0.15, 0.2) is 54.7 Å². The van der Waals surface area contributed by atoms with E-state index < -0.39 is 0 Å². The summed E-state index contributed by atoms with van der Waals surface area (Å²) in [6.45, 7) is 0.150. The first-order chi connectivity index (χ1) is 12.2. The van der Waals surface area contributed by atoms with Crippen LogP contribution in [-0.4, -0.2) is 17.7 Å². The molecule has 0 unspecified atom stereocenters. The average molecular weight is 353 g/mol. The van der Waals surface area contributed by atoms with Crippen molar-refractivity contribution in [2.45, 2.75) is 0 Å². The number of nitrogens with one attached hydrogen (secondary N) is 1. The lowest BCUT2D eigenvalue weighted by molar-refractivity contribution is -0.111. The zero-order chi connectivity index (χ0) is 17.2. The second-order valence-corrected chi connectivity index (χ2v) is 5.88. The molecule has 0 saturated heterocycles. The first-order valence-corrected chi connectivity index (χ1v) is 8.00. The molecular formula is C19H13ClN2O3. The quantitative estimate of drug-likeness (QED) is 0.715. The third kappa shape index (κ3) is 3.27. The number of fused-ring (bicyclic) bond motifs is 2. The molecular weight excluding hydrogens is 340 g/mol. The Hall–Kier alpha value is -3.05. The second kappa shape index (κ2) is 6.45. The number of aromatic nitrogens is 1. The number of para-hydroxylation sites is 1. The van der Waals surface area contributed by atoms with E-state index in [4.69, 9.17) is 21.1 Å². The van der Waals surface area contributed by atoms with Gasteiger partial charge in [-0.3, -0.25) is 9.78 Å². The molecule has 6 heteroatoms. The lowest BCUT2D eigenvalue weighted by Gasteiger charge is -2.04. The number of pyridine rings is 1. The molecule has 2 aromatic carbocycles. The van der Waals surface area contributed by atoms with Crippen LogP contribution in [0.1, 0.15) is 5.56 Å². The molecule has 2 heterocycles. The smallest absolute Gasteiger partial charge is 0.248 e. The van der Waals surface area contributed by atoms with Crippen molar-refractivity contribution in [2.75, 3.05) is 12.1 Å². The number of nitrogens with zero attached hydrogens (tertiary/aromatic N) is 1. The monoisotopic (exact) mass is 352 g/mol. The Labute approximate surface area is 148 Å². The van der Waals surface area contributed by atoms with Gasteiger partial charge in [-0.15, -0.1) is 0 Å². The van der Waals surface area contributed by atoms with Crippen molar-refractivity contribution in [3.05, 3.63) is 65.3 Å².